The third-order valence-electron chi connectivity index (χ3n) is 4.69. The fourth-order valence-electron chi connectivity index (χ4n) is 3.28. The number of fused-ring (bicyclic) bond motifs is 1. The van der Waals surface area contributed by atoms with Crippen molar-refractivity contribution in [2.45, 2.75) is 0 Å². The molecule has 1 aliphatic heterocycles. The Balaban J connectivity index is 1.59. The number of aromatic nitrogens is 3. The minimum Gasteiger partial charge on any atom is -0.465 e. The van der Waals surface area contributed by atoms with Crippen molar-refractivity contribution >= 4 is 34.5 Å². The van der Waals surface area contributed by atoms with Crippen LogP contribution in [0.15, 0.2) is 36.5 Å². The first-order valence-electron chi connectivity index (χ1n) is 8.32. The van der Waals surface area contributed by atoms with E-state index in [1.807, 2.05) is 41.9 Å². The molecule has 3 heterocycles. The van der Waals surface area contributed by atoms with Crippen LogP contribution in [0.1, 0.15) is 0 Å². The van der Waals surface area contributed by atoms with Gasteiger partial charge in [0.1, 0.15) is 11.6 Å². The Morgan fingerprint density at radius 3 is 2.88 bits per heavy atom. The van der Waals surface area contributed by atoms with Gasteiger partial charge in [-0.2, -0.15) is 0 Å². The summed E-state index contributed by atoms with van der Waals surface area (Å²) in [6.07, 6.45) is 0.659. The molecule has 7 nitrogen and oxygen atoms in total. The van der Waals surface area contributed by atoms with Gasteiger partial charge in [0.15, 0.2) is 0 Å². The first-order valence-corrected chi connectivity index (χ1v) is 8.70. The summed E-state index contributed by atoms with van der Waals surface area (Å²) in [4.78, 5) is 21.8. The highest BCUT2D eigenvalue weighted by molar-refractivity contribution is 6.33. The van der Waals surface area contributed by atoms with E-state index in [2.05, 4.69) is 15.2 Å². The van der Waals surface area contributed by atoms with Crippen molar-refractivity contribution in [2.24, 2.45) is 13.0 Å². The van der Waals surface area contributed by atoms with Crippen molar-refractivity contribution in [2.75, 3.05) is 24.5 Å². The molecule has 26 heavy (non-hydrogen) atoms. The molecule has 1 amide bonds. The van der Waals surface area contributed by atoms with E-state index < -0.39 is 6.09 Å². The molecule has 1 saturated heterocycles. The Bertz CT molecular complexity index is 981. The molecule has 0 bridgehead atoms. The summed E-state index contributed by atoms with van der Waals surface area (Å²) in [5, 5.41) is 11.7. The first kappa shape index (κ1) is 16.7. The van der Waals surface area contributed by atoms with Crippen LogP contribution in [0.3, 0.4) is 0 Å². The minimum atomic E-state index is -0.989. The summed E-state index contributed by atoms with van der Waals surface area (Å²) in [6.45, 7) is 1.98. The first-order chi connectivity index (χ1) is 12.5. The van der Waals surface area contributed by atoms with E-state index >= 15 is 0 Å². The number of benzene rings is 1. The van der Waals surface area contributed by atoms with Crippen LogP contribution in [-0.2, 0) is 7.05 Å². The second-order valence-corrected chi connectivity index (χ2v) is 6.87. The second kappa shape index (κ2) is 6.49. The highest BCUT2D eigenvalue weighted by Gasteiger charge is 2.28. The van der Waals surface area contributed by atoms with E-state index in [4.69, 9.17) is 21.7 Å². The Kier molecular flexibility index (Phi) is 4.16. The van der Waals surface area contributed by atoms with Crippen LogP contribution in [0.4, 0.5) is 10.6 Å². The monoisotopic (exact) mass is 371 g/mol. The molecule has 8 heteroatoms. The predicted molar refractivity (Wildman–Crippen MR) is 101 cm³/mol. The molecule has 1 aromatic carbocycles. The van der Waals surface area contributed by atoms with Gasteiger partial charge < -0.3 is 19.9 Å². The molecule has 0 radical (unpaired) electrons. The summed E-state index contributed by atoms with van der Waals surface area (Å²) in [7, 11) is 1.97. The molecule has 134 valence electrons. The summed E-state index contributed by atoms with van der Waals surface area (Å²) < 4.78 is 2.02. The van der Waals surface area contributed by atoms with Crippen molar-refractivity contribution < 1.29 is 9.90 Å². The van der Waals surface area contributed by atoms with Crippen molar-refractivity contribution in [3.63, 3.8) is 0 Å². The van der Waals surface area contributed by atoms with Gasteiger partial charge in [-0.15, -0.1) is 0 Å². The average Bonchev–Trinajstić information content (AvgIpc) is 2.91. The number of carboxylic acid groups (broad SMARTS) is 1. The fourth-order valence-corrected chi connectivity index (χ4v) is 3.46. The summed E-state index contributed by atoms with van der Waals surface area (Å²) in [5.74, 6) is 1.91. The van der Waals surface area contributed by atoms with E-state index in [1.165, 1.54) is 0 Å². The smallest absolute Gasteiger partial charge is 0.404 e. The Morgan fingerprint density at radius 2 is 2.15 bits per heavy atom. The second-order valence-electron chi connectivity index (χ2n) is 6.46. The topological polar surface area (TPSA) is 83.3 Å². The molecule has 1 fully saturated rings. The van der Waals surface area contributed by atoms with Gasteiger partial charge in [-0.25, -0.2) is 14.8 Å². The van der Waals surface area contributed by atoms with Crippen molar-refractivity contribution in [1.29, 1.82) is 0 Å². The fraction of sp³-hybridized carbons (Fsp3) is 0.278. The van der Waals surface area contributed by atoms with Gasteiger partial charge in [-0.05, 0) is 18.2 Å². The minimum absolute atomic E-state index is 0.294. The highest BCUT2D eigenvalue weighted by Crippen LogP contribution is 2.33. The Morgan fingerprint density at radius 1 is 1.38 bits per heavy atom. The van der Waals surface area contributed by atoms with Crippen LogP contribution >= 0.6 is 11.6 Å². The normalized spacial score (nSPS) is 14.5. The number of para-hydroxylation sites is 2. The number of anilines is 1. The SMILES string of the molecule is Cn1c(-c2cc(N3CC(CNC(=O)O)C3)ncc2Cl)nc2ccccc21. The quantitative estimate of drug-likeness (QED) is 0.736. The van der Waals surface area contributed by atoms with Crippen LogP contribution in [0.2, 0.25) is 5.02 Å². The molecule has 1 aliphatic rings. The maximum Gasteiger partial charge on any atom is 0.404 e. The van der Waals surface area contributed by atoms with Gasteiger partial charge in [-0.1, -0.05) is 23.7 Å². The Labute approximate surface area is 155 Å². The number of nitrogens with zero attached hydrogens (tertiary/aromatic N) is 4. The van der Waals surface area contributed by atoms with E-state index in [1.54, 1.807) is 6.20 Å². The van der Waals surface area contributed by atoms with Gasteiger partial charge in [0.2, 0.25) is 0 Å². The maximum absolute atomic E-state index is 10.6. The lowest BCUT2D eigenvalue weighted by Gasteiger charge is -2.40. The van der Waals surface area contributed by atoms with Crippen LogP contribution in [0, 0.1) is 5.92 Å². The molecule has 0 saturated carbocycles. The van der Waals surface area contributed by atoms with Gasteiger partial charge in [-0.3, -0.25) is 0 Å². The van der Waals surface area contributed by atoms with E-state index in [0.29, 0.717) is 17.5 Å². The lowest BCUT2D eigenvalue weighted by atomic mass is 10.00. The van der Waals surface area contributed by atoms with Crippen molar-refractivity contribution in [3.8, 4) is 11.4 Å². The number of amides is 1. The zero-order valence-corrected chi connectivity index (χ0v) is 14.9. The molecular formula is C18H18ClN5O2. The van der Waals surface area contributed by atoms with Crippen LogP contribution in [0.5, 0.6) is 0 Å². The number of hydrogen-bond acceptors (Lipinski definition) is 4. The van der Waals surface area contributed by atoms with E-state index in [9.17, 15) is 4.79 Å². The molecule has 0 aliphatic carbocycles. The predicted octanol–water partition coefficient (Wildman–Crippen LogP) is 2.99. The van der Waals surface area contributed by atoms with Crippen LogP contribution in [0.25, 0.3) is 22.4 Å². The van der Waals surface area contributed by atoms with Crippen molar-refractivity contribution in [1.82, 2.24) is 19.9 Å². The number of nitrogens with one attached hydrogen (secondary N) is 1. The number of hydrogen-bond donors (Lipinski definition) is 2. The Hall–Kier alpha value is -2.80. The molecule has 2 aromatic heterocycles. The number of rotatable bonds is 4. The maximum atomic E-state index is 10.6. The van der Waals surface area contributed by atoms with Crippen molar-refractivity contribution in [3.05, 3.63) is 41.6 Å². The van der Waals surface area contributed by atoms with E-state index in [-0.39, 0.29) is 0 Å². The number of aryl methyl sites for hydroxylation is 1. The zero-order valence-electron chi connectivity index (χ0n) is 14.2. The number of pyridine rings is 1. The number of carbonyl (C=O) groups is 1. The van der Waals surface area contributed by atoms with Crippen LogP contribution in [-0.4, -0.2) is 45.4 Å². The van der Waals surface area contributed by atoms with Gasteiger partial charge in [0, 0.05) is 44.4 Å². The standard InChI is InChI=1S/C18H18ClN5O2/c1-23-15-5-3-2-4-14(15)22-17(23)12-6-16(20-8-13(12)19)24-9-11(10-24)7-21-18(25)26/h2-6,8,11,21H,7,9-10H2,1H3,(H,25,26). The molecule has 2 N–H and O–H groups in total. The molecule has 4 rings (SSSR count). The largest absolute Gasteiger partial charge is 0.465 e. The average molecular weight is 372 g/mol. The summed E-state index contributed by atoms with van der Waals surface area (Å²) in [6, 6.07) is 9.90. The highest BCUT2D eigenvalue weighted by atomic mass is 35.5. The lowest BCUT2D eigenvalue weighted by Crippen LogP contribution is -2.51. The van der Waals surface area contributed by atoms with Gasteiger partial charge in [0.05, 0.1) is 16.1 Å². The van der Waals surface area contributed by atoms with Gasteiger partial charge >= 0.3 is 6.09 Å². The van der Waals surface area contributed by atoms with Crippen LogP contribution < -0.4 is 10.2 Å². The summed E-state index contributed by atoms with van der Waals surface area (Å²) >= 11 is 6.40. The molecule has 0 spiro atoms. The molecular weight excluding hydrogens is 354 g/mol. The molecule has 0 unspecified atom stereocenters. The summed E-state index contributed by atoms with van der Waals surface area (Å²) in [5.41, 5.74) is 2.80. The number of imidazole rings is 1. The number of halogens is 1. The molecule has 3 aromatic rings. The third-order valence-corrected chi connectivity index (χ3v) is 4.99. The third kappa shape index (κ3) is 2.94. The zero-order chi connectivity index (χ0) is 18.3. The van der Waals surface area contributed by atoms with E-state index in [0.717, 1.165) is 41.3 Å². The lowest BCUT2D eigenvalue weighted by molar-refractivity contribution is 0.191. The van der Waals surface area contributed by atoms with Gasteiger partial charge in [0.25, 0.3) is 0 Å². The molecule has 0 atom stereocenters.